The number of hydrogen-bond acceptors (Lipinski definition) is 1. The van der Waals surface area contributed by atoms with Crippen LogP contribution in [-0.4, -0.2) is 0 Å². The lowest BCUT2D eigenvalue weighted by Gasteiger charge is -2.08. The van der Waals surface area contributed by atoms with E-state index in [1.807, 2.05) is 30.3 Å². The molecule has 17 heavy (non-hydrogen) atoms. The lowest BCUT2D eigenvalue weighted by atomic mass is 10.2. The van der Waals surface area contributed by atoms with Gasteiger partial charge in [-0.05, 0) is 74.4 Å². The summed E-state index contributed by atoms with van der Waals surface area (Å²) < 4.78 is 15.0. The predicted molar refractivity (Wildman–Crippen MR) is 80.6 cm³/mol. The van der Waals surface area contributed by atoms with E-state index in [1.165, 1.54) is 9.64 Å². The first kappa shape index (κ1) is 12.8. The Morgan fingerprint density at radius 1 is 1.12 bits per heavy atom. The maximum Gasteiger partial charge on any atom is 0.137 e. The van der Waals surface area contributed by atoms with Gasteiger partial charge in [-0.15, -0.1) is 0 Å². The molecule has 88 valence electrons. The summed E-state index contributed by atoms with van der Waals surface area (Å²) in [6.45, 7) is 0.596. The summed E-state index contributed by atoms with van der Waals surface area (Å²) in [5.41, 5.74) is 1.94. The molecule has 0 bridgehead atoms. The van der Waals surface area contributed by atoms with Gasteiger partial charge in [0.05, 0.1) is 4.47 Å². The Morgan fingerprint density at radius 3 is 2.53 bits per heavy atom. The normalized spacial score (nSPS) is 10.3. The van der Waals surface area contributed by atoms with Gasteiger partial charge in [-0.2, -0.15) is 0 Å². The third-order valence-electron chi connectivity index (χ3n) is 2.36. The molecule has 0 aromatic heterocycles. The topological polar surface area (TPSA) is 12.0 Å². The standard InChI is InChI=1S/C13H10BrFIN/c14-13-9(2-1-3-12(13)15)8-17-11-6-4-10(16)5-7-11/h1-7,17H,8H2. The molecule has 0 atom stereocenters. The summed E-state index contributed by atoms with van der Waals surface area (Å²) in [6, 6.07) is 13.1. The van der Waals surface area contributed by atoms with E-state index in [0.29, 0.717) is 11.0 Å². The Balaban J connectivity index is 2.07. The smallest absolute Gasteiger partial charge is 0.137 e. The molecule has 0 saturated heterocycles. The summed E-state index contributed by atoms with van der Waals surface area (Å²) in [7, 11) is 0. The van der Waals surface area contributed by atoms with Crippen LogP contribution in [0.4, 0.5) is 10.1 Å². The zero-order valence-corrected chi connectivity index (χ0v) is 12.6. The van der Waals surface area contributed by atoms with Crippen molar-refractivity contribution in [3.05, 3.63) is 61.9 Å². The Morgan fingerprint density at radius 2 is 1.82 bits per heavy atom. The van der Waals surface area contributed by atoms with Crippen LogP contribution in [0.1, 0.15) is 5.56 Å². The third-order valence-corrected chi connectivity index (χ3v) is 3.97. The molecule has 0 saturated carbocycles. The highest BCUT2D eigenvalue weighted by atomic mass is 127. The summed E-state index contributed by atoms with van der Waals surface area (Å²) in [5.74, 6) is -0.230. The maximum atomic E-state index is 13.3. The van der Waals surface area contributed by atoms with Crippen molar-refractivity contribution in [2.45, 2.75) is 6.54 Å². The molecule has 0 unspecified atom stereocenters. The molecule has 0 radical (unpaired) electrons. The summed E-state index contributed by atoms with van der Waals surface area (Å²) in [5, 5.41) is 3.26. The molecule has 0 aliphatic carbocycles. The van der Waals surface area contributed by atoms with Crippen LogP contribution in [0.15, 0.2) is 46.9 Å². The monoisotopic (exact) mass is 405 g/mol. The SMILES string of the molecule is Fc1cccc(CNc2ccc(I)cc2)c1Br. The van der Waals surface area contributed by atoms with E-state index >= 15 is 0 Å². The number of hydrogen-bond donors (Lipinski definition) is 1. The summed E-state index contributed by atoms with van der Waals surface area (Å²) in [6.07, 6.45) is 0. The highest BCUT2D eigenvalue weighted by Gasteiger charge is 2.04. The molecule has 0 heterocycles. The summed E-state index contributed by atoms with van der Waals surface area (Å²) in [4.78, 5) is 0. The van der Waals surface area contributed by atoms with Crippen molar-refractivity contribution in [3.63, 3.8) is 0 Å². The predicted octanol–water partition coefficient (Wildman–Crippen LogP) is 4.80. The van der Waals surface area contributed by atoms with Gasteiger partial charge in [-0.25, -0.2) is 4.39 Å². The molecule has 1 N–H and O–H groups in total. The minimum absolute atomic E-state index is 0.230. The first-order chi connectivity index (χ1) is 8.16. The van der Waals surface area contributed by atoms with Gasteiger partial charge in [-0.1, -0.05) is 12.1 Å². The van der Waals surface area contributed by atoms with Crippen LogP contribution >= 0.6 is 38.5 Å². The largest absolute Gasteiger partial charge is 0.381 e. The van der Waals surface area contributed by atoms with E-state index < -0.39 is 0 Å². The number of halogens is 3. The van der Waals surface area contributed by atoms with Gasteiger partial charge < -0.3 is 5.32 Å². The first-order valence-electron chi connectivity index (χ1n) is 5.09. The third kappa shape index (κ3) is 3.42. The van der Waals surface area contributed by atoms with E-state index in [1.54, 1.807) is 6.07 Å². The maximum absolute atomic E-state index is 13.3. The Bertz CT molecular complexity index is 513. The zero-order valence-electron chi connectivity index (χ0n) is 8.88. The van der Waals surface area contributed by atoms with Gasteiger partial charge in [0.25, 0.3) is 0 Å². The van der Waals surface area contributed by atoms with Crippen LogP contribution in [0.2, 0.25) is 0 Å². The second kappa shape index (κ2) is 5.82. The number of nitrogens with one attached hydrogen (secondary N) is 1. The van der Waals surface area contributed by atoms with Crippen molar-refractivity contribution in [2.75, 3.05) is 5.32 Å². The van der Waals surface area contributed by atoms with Gasteiger partial charge in [0.15, 0.2) is 0 Å². The lowest BCUT2D eigenvalue weighted by molar-refractivity contribution is 0.618. The van der Waals surface area contributed by atoms with Crippen LogP contribution in [0.5, 0.6) is 0 Å². The molecule has 4 heteroatoms. The van der Waals surface area contributed by atoms with E-state index in [9.17, 15) is 4.39 Å². The molecule has 2 aromatic rings. The molecular formula is C13H10BrFIN. The molecular weight excluding hydrogens is 396 g/mol. The van der Waals surface area contributed by atoms with Gasteiger partial charge in [0.1, 0.15) is 5.82 Å². The highest BCUT2D eigenvalue weighted by molar-refractivity contribution is 14.1. The van der Waals surface area contributed by atoms with Crippen molar-refractivity contribution in [1.82, 2.24) is 0 Å². The number of rotatable bonds is 3. The Hall–Kier alpha value is -0.620. The number of benzene rings is 2. The van der Waals surface area contributed by atoms with Crippen molar-refractivity contribution >= 4 is 44.2 Å². The number of anilines is 1. The minimum atomic E-state index is -0.230. The molecule has 1 nitrogen and oxygen atoms in total. The highest BCUT2D eigenvalue weighted by Crippen LogP contribution is 2.21. The average molecular weight is 406 g/mol. The van der Waals surface area contributed by atoms with Crippen LogP contribution in [0.3, 0.4) is 0 Å². The van der Waals surface area contributed by atoms with Gasteiger partial charge in [-0.3, -0.25) is 0 Å². The van der Waals surface area contributed by atoms with Crippen LogP contribution < -0.4 is 5.32 Å². The second-order valence-corrected chi connectivity index (χ2v) is 5.61. The first-order valence-corrected chi connectivity index (χ1v) is 6.96. The molecule has 0 aliphatic rings. The fourth-order valence-electron chi connectivity index (χ4n) is 1.45. The van der Waals surface area contributed by atoms with E-state index in [-0.39, 0.29) is 5.82 Å². The van der Waals surface area contributed by atoms with Crippen molar-refractivity contribution in [3.8, 4) is 0 Å². The van der Waals surface area contributed by atoms with E-state index in [4.69, 9.17) is 0 Å². The molecule has 0 amide bonds. The van der Waals surface area contributed by atoms with E-state index in [2.05, 4.69) is 43.8 Å². The van der Waals surface area contributed by atoms with Crippen molar-refractivity contribution in [1.29, 1.82) is 0 Å². The molecule has 2 rings (SSSR count). The Kier molecular flexibility index (Phi) is 4.39. The molecule has 0 aliphatic heterocycles. The lowest BCUT2D eigenvalue weighted by Crippen LogP contribution is -2.00. The fraction of sp³-hybridized carbons (Fsp3) is 0.0769. The van der Waals surface area contributed by atoms with Crippen molar-refractivity contribution < 1.29 is 4.39 Å². The quantitative estimate of drug-likeness (QED) is 0.723. The zero-order chi connectivity index (χ0) is 12.3. The second-order valence-electron chi connectivity index (χ2n) is 3.57. The summed E-state index contributed by atoms with van der Waals surface area (Å²) >= 11 is 5.51. The molecule has 0 spiro atoms. The van der Waals surface area contributed by atoms with Crippen LogP contribution in [-0.2, 0) is 6.54 Å². The van der Waals surface area contributed by atoms with Gasteiger partial charge >= 0.3 is 0 Å². The van der Waals surface area contributed by atoms with Gasteiger partial charge in [0.2, 0.25) is 0 Å². The Labute approximate surface area is 122 Å². The van der Waals surface area contributed by atoms with Crippen molar-refractivity contribution in [2.24, 2.45) is 0 Å². The fourth-order valence-corrected chi connectivity index (χ4v) is 2.21. The molecule has 0 fully saturated rings. The molecule has 2 aromatic carbocycles. The van der Waals surface area contributed by atoms with Gasteiger partial charge in [0, 0.05) is 15.8 Å². The minimum Gasteiger partial charge on any atom is -0.381 e. The van der Waals surface area contributed by atoms with Crippen LogP contribution in [0, 0.1) is 9.39 Å². The van der Waals surface area contributed by atoms with Crippen LogP contribution in [0.25, 0.3) is 0 Å². The average Bonchev–Trinajstić information content (AvgIpc) is 2.33. The van der Waals surface area contributed by atoms with E-state index in [0.717, 1.165) is 11.3 Å².